The Bertz CT molecular complexity index is 1190. The smallest absolute Gasteiger partial charge is 0.264 e. The van der Waals surface area contributed by atoms with Crippen LogP contribution in [0.3, 0.4) is 0 Å². The zero-order chi connectivity index (χ0) is 24.6. The Balaban J connectivity index is 1.70. The van der Waals surface area contributed by atoms with Crippen LogP contribution in [0, 0.1) is 5.82 Å². The Labute approximate surface area is 208 Å². The molecule has 3 aromatic rings. The van der Waals surface area contributed by atoms with E-state index in [9.17, 15) is 17.6 Å². The van der Waals surface area contributed by atoms with Gasteiger partial charge in [-0.1, -0.05) is 11.6 Å². The predicted octanol–water partition coefficient (Wildman–Crippen LogP) is 4.98. The van der Waals surface area contributed by atoms with Gasteiger partial charge in [-0.15, -0.1) is 11.8 Å². The minimum atomic E-state index is -4.09. The Morgan fingerprint density at radius 3 is 2.29 bits per heavy atom. The first-order valence-electron chi connectivity index (χ1n) is 10.5. The molecule has 0 atom stereocenters. The second-order valence-corrected chi connectivity index (χ2v) is 10.5. The van der Waals surface area contributed by atoms with E-state index in [-0.39, 0.29) is 10.6 Å². The molecule has 1 N–H and O–H groups in total. The van der Waals surface area contributed by atoms with Gasteiger partial charge in [-0.25, -0.2) is 12.8 Å². The van der Waals surface area contributed by atoms with E-state index in [0.717, 1.165) is 21.3 Å². The summed E-state index contributed by atoms with van der Waals surface area (Å²) in [5.41, 5.74) is 0.181. The Morgan fingerprint density at radius 2 is 1.68 bits per heavy atom. The van der Waals surface area contributed by atoms with Crippen molar-refractivity contribution in [1.29, 1.82) is 0 Å². The summed E-state index contributed by atoms with van der Waals surface area (Å²) in [5.74, 6) is 0.141. The Hall–Kier alpha value is -2.75. The van der Waals surface area contributed by atoms with Gasteiger partial charge in [0.25, 0.3) is 10.0 Å². The van der Waals surface area contributed by atoms with E-state index < -0.39 is 28.3 Å². The minimum Gasteiger partial charge on any atom is -0.494 e. The summed E-state index contributed by atoms with van der Waals surface area (Å²) in [6, 6.07) is 18.2. The molecule has 0 aliphatic carbocycles. The molecular formula is C24H24ClFN2O4S2. The van der Waals surface area contributed by atoms with Crippen LogP contribution in [0.5, 0.6) is 5.75 Å². The number of ether oxygens (including phenoxy) is 1. The average Bonchev–Trinajstić information content (AvgIpc) is 2.83. The summed E-state index contributed by atoms with van der Waals surface area (Å²) >= 11 is 7.41. The van der Waals surface area contributed by atoms with Gasteiger partial charge in [0, 0.05) is 22.2 Å². The quantitative estimate of drug-likeness (QED) is 0.284. The summed E-state index contributed by atoms with van der Waals surface area (Å²) in [6.07, 6.45) is 0. The molecule has 0 saturated carbocycles. The molecule has 0 bridgehead atoms. The van der Waals surface area contributed by atoms with Crippen LogP contribution in [0.4, 0.5) is 10.1 Å². The molecule has 0 heterocycles. The maximum atomic E-state index is 13.4. The van der Waals surface area contributed by atoms with Crippen LogP contribution in [-0.2, 0) is 14.8 Å². The van der Waals surface area contributed by atoms with Gasteiger partial charge in [0.05, 0.1) is 17.2 Å². The molecule has 3 aromatic carbocycles. The first-order chi connectivity index (χ1) is 16.3. The molecule has 0 spiro atoms. The van der Waals surface area contributed by atoms with E-state index in [1.807, 2.05) is 19.1 Å². The highest BCUT2D eigenvalue weighted by molar-refractivity contribution is 7.99. The summed E-state index contributed by atoms with van der Waals surface area (Å²) in [6.45, 7) is 2.16. The largest absolute Gasteiger partial charge is 0.494 e. The van der Waals surface area contributed by atoms with E-state index in [4.69, 9.17) is 16.3 Å². The predicted molar refractivity (Wildman–Crippen MR) is 134 cm³/mol. The lowest BCUT2D eigenvalue weighted by Gasteiger charge is -2.24. The highest BCUT2D eigenvalue weighted by atomic mass is 35.5. The molecule has 1 amide bonds. The Kier molecular flexibility index (Phi) is 9.20. The van der Waals surface area contributed by atoms with E-state index in [1.54, 1.807) is 24.3 Å². The van der Waals surface area contributed by atoms with E-state index in [1.165, 1.54) is 36.0 Å². The molecule has 3 rings (SSSR count). The number of nitrogens with zero attached hydrogens (tertiary/aromatic N) is 1. The third-order valence-corrected chi connectivity index (χ3v) is 7.68. The third kappa shape index (κ3) is 7.12. The number of carbonyl (C=O) groups excluding carboxylic acids is 1. The van der Waals surface area contributed by atoms with Gasteiger partial charge in [-0.05, 0) is 79.7 Å². The molecule has 0 unspecified atom stereocenters. The number of hydrogen-bond acceptors (Lipinski definition) is 5. The molecule has 180 valence electrons. The standard InChI is InChI=1S/C24H24ClFN2O4S2/c1-2-32-21-9-13-23(14-10-21)34(30,31)28(20-7-5-19(26)6-8-20)17-24(29)27-15-16-33-22-11-3-18(25)4-12-22/h3-14H,2,15-17H2,1H3,(H,27,29). The van der Waals surface area contributed by atoms with Gasteiger partial charge in [0.1, 0.15) is 18.1 Å². The molecule has 0 fully saturated rings. The molecule has 10 heteroatoms. The van der Waals surface area contributed by atoms with Crippen LogP contribution in [0.1, 0.15) is 6.92 Å². The summed E-state index contributed by atoms with van der Waals surface area (Å²) < 4.78 is 46.5. The number of carbonyl (C=O) groups is 1. The number of sulfonamides is 1. The molecule has 0 aromatic heterocycles. The number of nitrogens with one attached hydrogen (secondary N) is 1. The van der Waals surface area contributed by atoms with E-state index in [0.29, 0.717) is 29.7 Å². The maximum absolute atomic E-state index is 13.4. The highest BCUT2D eigenvalue weighted by Gasteiger charge is 2.27. The van der Waals surface area contributed by atoms with Crippen molar-refractivity contribution in [1.82, 2.24) is 5.32 Å². The molecule has 6 nitrogen and oxygen atoms in total. The normalized spacial score (nSPS) is 11.1. The van der Waals surface area contributed by atoms with Gasteiger partial charge in [0.15, 0.2) is 0 Å². The van der Waals surface area contributed by atoms with Crippen LogP contribution in [0.25, 0.3) is 0 Å². The van der Waals surface area contributed by atoms with Crippen molar-refractivity contribution in [3.8, 4) is 5.75 Å². The monoisotopic (exact) mass is 522 g/mol. The van der Waals surface area contributed by atoms with Crippen molar-refractivity contribution in [3.05, 3.63) is 83.6 Å². The van der Waals surface area contributed by atoms with Crippen LogP contribution in [0.2, 0.25) is 5.02 Å². The average molecular weight is 523 g/mol. The van der Waals surface area contributed by atoms with Crippen molar-refractivity contribution in [3.63, 3.8) is 0 Å². The second kappa shape index (κ2) is 12.1. The topological polar surface area (TPSA) is 75.7 Å². The van der Waals surface area contributed by atoms with Gasteiger partial charge < -0.3 is 10.1 Å². The van der Waals surface area contributed by atoms with Gasteiger partial charge in [-0.3, -0.25) is 9.10 Å². The van der Waals surface area contributed by atoms with Crippen molar-refractivity contribution < 1.29 is 22.3 Å². The third-order valence-electron chi connectivity index (χ3n) is 4.63. The minimum absolute atomic E-state index is 0.00799. The number of halogens is 2. The van der Waals surface area contributed by atoms with Crippen molar-refractivity contribution in [2.24, 2.45) is 0 Å². The van der Waals surface area contributed by atoms with Crippen LogP contribution >= 0.6 is 23.4 Å². The second-order valence-electron chi connectivity index (χ2n) is 7.04. The highest BCUT2D eigenvalue weighted by Crippen LogP contribution is 2.25. The number of benzene rings is 3. The number of amides is 1. The summed E-state index contributed by atoms with van der Waals surface area (Å²) in [4.78, 5) is 13.6. The van der Waals surface area contributed by atoms with Crippen molar-refractivity contribution in [2.75, 3.05) is 29.8 Å². The lowest BCUT2D eigenvalue weighted by atomic mass is 10.3. The number of hydrogen-bond donors (Lipinski definition) is 1. The molecule has 34 heavy (non-hydrogen) atoms. The zero-order valence-electron chi connectivity index (χ0n) is 18.4. The lowest BCUT2D eigenvalue weighted by molar-refractivity contribution is -0.119. The van der Waals surface area contributed by atoms with E-state index in [2.05, 4.69) is 5.32 Å². The van der Waals surface area contributed by atoms with Crippen molar-refractivity contribution >= 4 is 45.0 Å². The fourth-order valence-corrected chi connectivity index (χ4v) is 5.32. The molecule has 0 aliphatic heterocycles. The molecule has 0 saturated heterocycles. The first-order valence-corrected chi connectivity index (χ1v) is 13.3. The van der Waals surface area contributed by atoms with Crippen molar-refractivity contribution in [2.45, 2.75) is 16.7 Å². The maximum Gasteiger partial charge on any atom is 0.264 e. The fraction of sp³-hybridized carbons (Fsp3) is 0.208. The number of rotatable bonds is 11. The van der Waals surface area contributed by atoms with Gasteiger partial charge in [0.2, 0.25) is 5.91 Å². The van der Waals surface area contributed by atoms with E-state index >= 15 is 0 Å². The fourth-order valence-electron chi connectivity index (χ4n) is 3.00. The van der Waals surface area contributed by atoms with Crippen LogP contribution in [0.15, 0.2) is 82.6 Å². The SMILES string of the molecule is CCOc1ccc(S(=O)(=O)N(CC(=O)NCCSc2ccc(Cl)cc2)c2ccc(F)cc2)cc1. The van der Waals surface area contributed by atoms with Crippen LogP contribution < -0.4 is 14.4 Å². The first kappa shape index (κ1) is 25.9. The Morgan fingerprint density at radius 1 is 1.03 bits per heavy atom. The summed E-state index contributed by atoms with van der Waals surface area (Å²) in [7, 11) is -4.09. The molecular weight excluding hydrogens is 499 g/mol. The van der Waals surface area contributed by atoms with Gasteiger partial charge in [-0.2, -0.15) is 0 Å². The molecule has 0 aliphatic rings. The number of thioether (sulfide) groups is 1. The number of anilines is 1. The lowest BCUT2D eigenvalue weighted by Crippen LogP contribution is -2.41. The summed E-state index contributed by atoms with van der Waals surface area (Å²) in [5, 5.41) is 3.38. The zero-order valence-corrected chi connectivity index (χ0v) is 20.8. The molecule has 0 radical (unpaired) electrons. The van der Waals surface area contributed by atoms with Crippen LogP contribution in [-0.4, -0.2) is 39.8 Å². The van der Waals surface area contributed by atoms with Gasteiger partial charge >= 0.3 is 0 Å².